The van der Waals surface area contributed by atoms with E-state index in [0.717, 1.165) is 16.3 Å². The Balaban J connectivity index is 2.27. The molecule has 3 nitrogen and oxygen atoms in total. The lowest BCUT2D eigenvalue weighted by molar-refractivity contribution is -0.124. The van der Waals surface area contributed by atoms with Crippen molar-refractivity contribution in [1.82, 2.24) is 4.90 Å². The zero-order chi connectivity index (χ0) is 17.3. The minimum atomic E-state index is -0.867. The van der Waals surface area contributed by atoms with E-state index in [1.54, 1.807) is 0 Å². The van der Waals surface area contributed by atoms with Gasteiger partial charge in [0.25, 0.3) is 5.91 Å². The predicted octanol–water partition coefficient (Wildman–Crippen LogP) is 4.13. The SMILES string of the molecule is CCN1C(SC)=NC(=O)C1(c1ccc(C)cc1)c1ccc(C)cc1. The Labute approximate surface area is 147 Å². The van der Waals surface area contributed by atoms with Crippen LogP contribution in [0.25, 0.3) is 0 Å². The number of aryl methyl sites for hydroxylation is 2. The summed E-state index contributed by atoms with van der Waals surface area (Å²) in [5.74, 6) is -0.110. The summed E-state index contributed by atoms with van der Waals surface area (Å²) in [4.78, 5) is 19.7. The number of likely N-dealkylation sites (N-methyl/N-ethyl adjacent to an activating group) is 1. The van der Waals surface area contributed by atoms with Gasteiger partial charge in [0.15, 0.2) is 10.7 Å². The molecule has 0 spiro atoms. The van der Waals surface area contributed by atoms with Gasteiger partial charge < -0.3 is 4.90 Å². The van der Waals surface area contributed by atoms with Crippen molar-refractivity contribution >= 4 is 22.8 Å². The van der Waals surface area contributed by atoms with Crippen LogP contribution in [0.15, 0.2) is 53.5 Å². The van der Waals surface area contributed by atoms with Crippen LogP contribution in [0.1, 0.15) is 29.2 Å². The van der Waals surface area contributed by atoms with E-state index in [9.17, 15) is 4.79 Å². The van der Waals surface area contributed by atoms with Crippen LogP contribution in [0.2, 0.25) is 0 Å². The molecule has 0 unspecified atom stereocenters. The number of amides is 1. The van der Waals surface area contributed by atoms with Gasteiger partial charge in [-0.3, -0.25) is 4.79 Å². The first-order chi connectivity index (χ1) is 11.5. The van der Waals surface area contributed by atoms with Gasteiger partial charge in [-0.2, -0.15) is 4.99 Å². The molecule has 0 atom stereocenters. The third kappa shape index (κ3) is 2.46. The van der Waals surface area contributed by atoms with Crippen LogP contribution >= 0.6 is 11.8 Å². The van der Waals surface area contributed by atoms with Gasteiger partial charge >= 0.3 is 0 Å². The maximum Gasteiger partial charge on any atom is 0.283 e. The molecule has 4 heteroatoms. The number of benzene rings is 2. The first-order valence-corrected chi connectivity index (χ1v) is 9.35. The number of hydrogen-bond acceptors (Lipinski definition) is 3. The quantitative estimate of drug-likeness (QED) is 0.843. The molecule has 1 heterocycles. The Morgan fingerprint density at radius 2 is 1.42 bits per heavy atom. The van der Waals surface area contributed by atoms with Gasteiger partial charge in [0, 0.05) is 6.54 Å². The number of carbonyl (C=O) groups excluding carboxylic acids is 1. The van der Waals surface area contributed by atoms with Gasteiger partial charge in [-0.25, -0.2) is 0 Å². The van der Waals surface area contributed by atoms with E-state index in [1.807, 2.05) is 6.26 Å². The average molecular weight is 338 g/mol. The Bertz CT molecular complexity index is 733. The molecule has 0 aromatic heterocycles. The number of carbonyl (C=O) groups is 1. The number of aliphatic imine (C=N–C) groups is 1. The fourth-order valence-electron chi connectivity index (χ4n) is 3.33. The molecule has 0 saturated carbocycles. The highest BCUT2D eigenvalue weighted by molar-refractivity contribution is 8.13. The van der Waals surface area contributed by atoms with Gasteiger partial charge in [-0.1, -0.05) is 71.4 Å². The number of thioether (sulfide) groups is 1. The monoisotopic (exact) mass is 338 g/mol. The van der Waals surface area contributed by atoms with Crippen LogP contribution in [-0.4, -0.2) is 28.8 Å². The van der Waals surface area contributed by atoms with E-state index in [-0.39, 0.29) is 5.91 Å². The minimum Gasteiger partial charge on any atom is -0.329 e. The first-order valence-electron chi connectivity index (χ1n) is 8.13. The molecule has 1 aliphatic rings. The van der Waals surface area contributed by atoms with Crippen molar-refractivity contribution in [3.8, 4) is 0 Å². The third-order valence-corrected chi connectivity index (χ3v) is 5.26. The molecule has 0 bridgehead atoms. The van der Waals surface area contributed by atoms with Gasteiger partial charge in [-0.05, 0) is 38.2 Å². The third-order valence-electron chi connectivity index (χ3n) is 4.58. The van der Waals surface area contributed by atoms with E-state index in [2.05, 4.69) is 79.2 Å². The molecule has 0 saturated heterocycles. The Morgan fingerprint density at radius 1 is 0.958 bits per heavy atom. The molecule has 2 aromatic rings. The van der Waals surface area contributed by atoms with E-state index in [0.29, 0.717) is 6.54 Å². The molecule has 3 rings (SSSR count). The maximum atomic E-state index is 13.2. The Morgan fingerprint density at radius 3 is 1.79 bits per heavy atom. The Kier molecular flexibility index (Phi) is 4.50. The van der Waals surface area contributed by atoms with Crippen LogP contribution in [0.5, 0.6) is 0 Å². The summed E-state index contributed by atoms with van der Waals surface area (Å²) in [6.07, 6.45) is 1.97. The molecule has 24 heavy (non-hydrogen) atoms. The highest BCUT2D eigenvalue weighted by atomic mass is 32.2. The zero-order valence-corrected chi connectivity index (χ0v) is 15.4. The second kappa shape index (κ2) is 6.44. The molecular weight excluding hydrogens is 316 g/mol. The molecule has 0 radical (unpaired) electrons. The van der Waals surface area contributed by atoms with Crippen molar-refractivity contribution in [2.45, 2.75) is 26.3 Å². The fraction of sp³-hybridized carbons (Fsp3) is 0.300. The lowest BCUT2D eigenvalue weighted by atomic mass is 9.80. The summed E-state index contributed by atoms with van der Waals surface area (Å²) >= 11 is 1.52. The topological polar surface area (TPSA) is 32.7 Å². The summed E-state index contributed by atoms with van der Waals surface area (Å²) < 4.78 is 0. The van der Waals surface area contributed by atoms with Crippen molar-refractivity contribution < 1.29 is 4.79 Å². The minimum absolute atomic E-state index is 0.110. The standard InChI is InChI=1S/C20H22N2OS/c1-5-22-19(24-4)21-18(23)20(22,16-10-6-14(2)7-11-16)17-12-8-15(3)9-13-17/h6-13H,5H2,1-4H3. The molecule has 124 valence electrons. The second-order valence-corrected chi connectivity index (χ2v) is 6.86. The maximum absolute atomic E-state index is 13.2. The summed E-state index contributed by atoms with van der Waals surface area (Å²) in [6.45, 7) is 6.90. The number of amidine groups is 1. The summed E-state index contributed by atoms with van der Waals surface area (Å²) in [5, 5.41) is 0.781. The fourth-order valence-corrected chi connectivity index (χ4v) is 3.99. The van der Waals surface area contributed by atoms with Gasteiger partial charge in [-0.15, -0.1) is 0 Å². The van der Waals surface area contributed by atoms with Crippen LogP contribution in [0.3, 0.4) is 0 Å². The van der Waals surface area contributed by atoms with Crippen LogP contribution < -0.4 is 0 Å². The lowest BCUT2D eigenvalue weighted by Gasteiger charge is -2.38. The highest BCUT2D eigenvalue weighted by Gasteiger charge is 2.52. The molecule has 2 aromatic carbocycles. The summed E-state index contributed by atoms with van der Waals surface area (Å²) in [5.41, 5.74) is 3.43. The van der Waals surface area contributed by atoms with Crippen LogP contribution in [0, 0.1) is 13.8 Å². The first kappa shape index (κ1) is 16.8. The average Bonchev–Trinajstić information content (AvgIpc) is 2.88. The van der Waals surface area contributed by atoms with Crippen molar-refractivity contribution in [2.24, 2.45) is 4.99 Å². The van der Waals surface area contributed by atoms with E-state index in [4.69, 9.17) is 0 Å². The Hall–Kier alpha value is -2.07. The van der Waals surface area contributed by atoms with Crippen LogP contribution in [0.4, 0.5) is 0 Å². The van der Waals surface area contributed by atoms with Crippen molar-refractivity contribution in [1.29, 1.82) is 0 Å². The van der Waals surface area contributed by atoms with Crippen molar-refractivity contribution in [3.05, 3.63) is 70.8 Å². The molecule has 0 fully saturated rings. The molecule has 1 amide bonds. The zero-order valence-electron chi connectivity index (χ0n) is 14.5. The van der Waals surface area contributed by atoms with E-state index < -0.39 is 5.54 Å². The van der Waals surface area contributed by atoms with Gasteiger partial charge in [0.1, 0.15) is 0 Å². The van der Waals surface area contributed by atoms with Crippen LogP contribution in [-0.2, 0) is 10.3 Å². The van der Waals surface area contributed by atoms with Crippen molar-refractivity contribution in [2.75, 3.05) is 12.8 Å². The second-order valence-electron chi connectivity index (χ2n) is 6.09. The van der Waals surface area contributed by atoms with E-state index >= 15 is 0 Å². The summed E-state index contributed by atoms with van der Waals surface area (Å²) in [6, 6.07) is 16.4. The number of rotatable bonds is 3. The molecule has 0 aliphatic carbocycles. The normalized spacial score (nSPS) is 16.4. The molecular formula is C20H22N2OS. The highest BCUT2D eigenvalue weighted by Crippen LogP contribution is 2.42. The molecule has 0 N–H and O–H groups in total. The lowest BCUT2D eigenvalue weighted by Crippen LogP contribution is -2.49. The van der Waals surface area contributed by atoms with E-state index in [1.165, 1.54) is 22.9 Å². The largest absolute Gasteiger partial charge is 0.329 e. The van der Waals surface area contributed by atoms with Crippen molar-refractivity contribution in [3.63, 3.8) is 0 Å². The van der Waals surface area contributed by atoms with Gasteiger partial charge in [0.2, 0.25) is 0 Å². The number of hydrogen-bond donors (Lipinski definition) is 0. The molecule has 1 aliphatic heterocycles. The summed E-state index contributed by atoms with van der Waals surface area (Å²) in [7, 11) is 0. The number of nitrogens with zero attached hydrogens (tertiary/aromatic N) is 2. The smallest absolute Gasteiger partial charge is 0.283 e. The van der Waals surface area contributed by atoms with Gasteiger partial charge in [0.05, 0.1) is 0 Å². The predicted molar refractivity (Wildman–Crippen MR) is 101 cm³/mol.